The summed E-state index contributed by atoms with van der Waals surface area (Å²) >= 11 is 6.23. The van der Waals surface area contributed by atoms with Crippen molar-refractivity contribution in [1.82, 2.24) is 15.6 Å². The Morgan fingerprint density at radius 3 is 2.93 bits per heavy atom. The Kier molecular flexibility index (Phi) is 6.86. The number of nitrogens with one attached hydrogen (secondary N) is 2. The van der Waals surface area contributed by atoms with Gasteiger partial charge in [0.15, 0.2) is 5.96 Å². The standard InChI is InChI=1S/C19H22ClF2N5O/c1-23-19(25-11-13-5-2-3-7-16(13)28-18(21)22)26-14-8-10-27(12-14)17-15(20)6-4-9-24-17/h2-7,9,14,18H,8,10-12H2,1H3,(H2,23,25,26). The Hall–Kier alpha value is -2.61. The number of aromatic nitrogens is 1. The summed E-state index contributed by atoms with van der Waals surface area (Å²) in [5.41, 5.74) is 0.624. The molecule has 2 heterocycles. The lowest BCUT2D eigenvalue weighted by Gasteiger charge is -2.20. The van der Waals surface area contributed by atoms with Crippen molar-refractivity contribution in [3.8, 4) is 5.75 Å². The summed E-state index contributed by atoms with van der Waals surface area (Å²) < 4.78 is 29.6. The van der Waals surface area contributed by atoms with Crippen molar-refractivity contribution >= 4 is 23.4 Å². The van der Waals surface area contributed by atoms with Crippen LogP contribution in [-0.4, -0.2) is 43.7 Å². The SMILES string of the molecule is CN=C(NCc1ccccc1OC(F)F)NC1CCN(c2ncccc2Cl)C1. The van der Waals surface area contributed by atoms with Crippen LogP contribution in [-0.2, 0) is 6.54 Å². The van der Waals surface area contributed by atoms with Crippen LogP contribution in [0.4, 0.5) is 14.6 Å². The summed E-state index contributed by atoms with van der Waals surface area (Å²) in [7, 11) is 1.67. The van der Waals surface area contributed by atoms with Crippen LogP contribution in [0.2, 0.25) is 5.02 Å². The summed E-state index contributed by atoms with van der Waals surface area (Å²) in [6.45, 7) is -0.981. The molecule has 3 rings (SSSR count). The number of para-hydroxylation sites is 1. The molecular formula is C19H22ClF2N5O. The van der Waals surface area contributed by atoms with Crippen LogP contribution in [0.25, 0.3) is 0 Å². The van der Waals surface area contributed by atoms with E-state index in [0.29, 0.717) is 23.1 Å². The Morgan fingerprint density at radius 1 is 1.36 bits per heavy atom. The Balaban J connectivity index is 1.55. The number of nitrogens with zero attached hydrogens (tertiary/aromatic N) is 3. The van der Waals surface area contributed by atoms with Gasteiger partial charge in [-0.3, -0.25) is 4.99 Å². The van der Waals surface area contributed by atoms with Gasteiger partial charge in [0.25, 0.3) is 0 Å². The average molecular weight is 410 g/mol. The molecule has 0 radical (unpaired) electrons. The fourth-order valence-electron chi connectivity index (χ4n) is 3.11. The van der Waals surface area contributed by atoms with Gasteiger partial charge in [0.05, 0.1) is 5.02 Å². The number of aliphatic imine (C=N–C) groups is 1. The molecule has 1 saturated heterocycles. The zero-order valence-corrected chi connectivity index (χ0v) is 16.2. The Labute approximate surface area is 167 Å². The predicted octanol–water partition coefficient (Wildman–Crippen LogP) is 3.28. The first-order valence-electron chi connectivity index (χ1n) is 8.92. The van der Waals surface area contributed by atoms with Crippen LogP contribution in [0, 0.1) is 0 Å². The highest BCUT2D eigenvalue weighted by Gasteiger charge is 2.25. The fourth-order valence-corrected chi connectivity index (χ4v) is 3.35. The third-order valence-electron chi connectivity index (χ3n) is 4.43. The van der Waals surface area contributed by atoms with Gasteiger partial charge in [-0.05, 0) is 24.6 Å². The molecule has 1 aromatic heterocycles. The van der Waals surface area contributed by atoms with E-state index in [1.165, 1.54) is 6.07 Å². The third-order valence-corrected chi connectivity index (χ3v) is 4.72. The molecule has 6 nitrogen and oxygen atoms in total. The van der Waals surface area contributed by atoms with Crippen molar-refractivity contribution in [2.75, 3.05) is 25.0 Å². The maximum absolute atomic E-state index is 12.5. The van der Waals surface area contributed by atoms with E-state index in [2.05, 4.69) is 30.2 Å². The van der Waals surface area contributed by atoms with Crippen molar-refractivity contribution in [2.45, 2.75) is 25.6 Å². The van der Waals surface area contributed by atoms with Crippen LogP contribution in [0.1, 0.15) is 12.0 Å². The zero-order valence-electron chi connectivity index (χ0n) is 15.4. The fraction of sp³-hybridized carbons (Fsp3) is 0.368. The molecule has 0 bridgehead atoms. The number of anilines is 1. The number of hydrogen-bond donors (Lipinski definition) is 2. The Bertz CT molecular complexity index is 820. The van der Waals surface area contributed by atoms with Gasteiger partial charge in [-0.15, -0.1) is 0 Å². The number of benzene rings is 1. The van der Waals surface area contributed by atoms with E-state index in [4.69, 9.17) is 11.6 Å². The molecule has 1 aliphatic rings. The molecule has 2 aromatic rings. The lowest BCUT2D eigenvalue weighted by Crippen LogP contribution is -2.44. The van der Waals surface area contributed by atoms with Gasteiger partial charge in [0.2, 0.25) is 0 Å². The number of ether oxygens (including phenoxy) is 1. The molecule has 28 heavy (non-hydrogen) atoms. The number of halogens is 3. The minimum atomic E-state index is -2.86. The summed E-state index contributed by atoms with van der Waals surface area (Å²) in [6, 6.07) is 10.5. The minimum Gasteiger partial charge on any atom is -0.434 e. The molecule has 2 N–H and O–H groups in total. The van der Waals surface area contributed by atoms with Crippen LogP contribution in [0.15, 0.2) is 47.6 Å². The number of hydrogen-bond acceptors (Lipinski definition) is 4. The molecule has 1 aromatic carbocycles. The molecule has 9 heteroatoms. The zero-order chi connectivity index (χ0) is 19.9. The van der Waals surface area contributed by atoms with Gasteiger partial charge >= 0.3 is 6.61 Å². The van der Waals surface area contributed by atoms with Crippen LogP contribution < -0.4 is 20.3 Å². The molecule has 1 unspecified atom stereocenters. The number of guanidine groups is 1. The van der Waals surface area contributed by atoms with Crippen molar-refractivity contribution < 1.29 is 13.5 Å². The highest BCUT2D eigenvalue weighted by atomic mass is 35.5. The number of pyridine rings is 1. The molecule has 1 aliphatic heterocycles. The molecule has 0 aliphatic carbocycles. The second-order valence-corrected chi connectivity index (χ2v) is 6.70. The monoisotopic (exact) mass is 409 g/mol. The van der Waals surface area contributed by atoms with E-state index >= 15 is 0 Å². The molecular weight excluding hydrogens is 388 g/mol. The van der Waals surface area contributed by atoms with Gasteiger partial charge in [0.1, 0.15) is 11.6 Å². The third kappa shape index (κ3) is 5.22. The van der Waals surface area contributed by atoms with E-state index in [9.17, 15) is 8.78 Å². The molecule has 150 valence electrons. The van der Waals surface area contributed by atoms with Crippen LogP contribution in [0.5, 0.6) is 5.75 Å². The number of rotatable bonds is 6. The van der Waals surface area contributed by atoms with Crippen molar-refractivity contribution in [2.24, 2.45) is 4.99 Å². The van der Waals surface area contributed by atoms with E-state index in [1.54, 1.807) is 37.5 Å². The summed E-state index contributed by atoms with van der Waals surface area (Å²) in [6.07, 6.45) is 2.63. The number of alkyl halides is 2. The maximum atomic E-state index is 12.5. The van der Waals surface area contributed by atoms with Gasteiger partial charge in [-0.25, -0.2) is 4.98 Å². The maximum Gasteiger partial charge on any atom is 0.387 e. The molecule has 0 spiro atoms. The minimum absolute atomic E-state index is 0.150. The second kappa shape index (κ2) is 9.54. The normalized spacial score (nSPS) is 17.1. The predicted molar refractivity (Wildman–Crippen MR) is 106 cm³/mol. The first-order valence-corrected chi connectivity index (χ1v) is 9.30. The van der Waals surface area contributed by atoms with E-state index in [1.807, 2.05) is 6.07 Å². The van der Waals surface area contributed by atoms with E-state index in [-0.39, 0.29) is 11.8 Å². The second-order valence-electron chi connectivity index (χ2n) is 6.30. The van der Waals surface area contributed by atoms with Gasteiger partial charge in [-0.2, -0.15) is 8.78 Å². The lowest BCUT2D eigenvalue weighted by molar-refractivity contribution is -0.0504. The van der Waals surface area contributed by atoms with E-state index < -0.39 is 6.61 Å². The quantitative estimate of drug-likeness (QED) is 0.566. The molecule has 0 saturated carbocycles. The largest absolute Gasteiger partial charge is 0.434 e. The highest BCUT2D eigenvalue weighted by Crippen LogP contribution is 2.25. The first-order chi connectivity index (χ1) is 13.6. The smallest absolute Gasteiger partial charge is 0.387 e. The topological polar surface area (TPSA) is 61.8 Å². The Morgan fingerprint density at radius 2 is 2.18 bits per heavy atom. The summed E-state index contributed by atoms with van der Waals surface area (Å²) in [5.74, 6) is 1.51. The van der Waals surface area contributed by atoms with Gasteiger partial charge < -0.3 is 20.3 Å². The molecule has 0 amide bonds. The van der Waals surface area contributed by atoms with Crippen LogP contribution in [0.3, 0.4) is 0 Å². The van der Waals surface area contributed by atoms with Gasteiger partial charge in [-0.1, -0.05) is 29.8 Å². The van der Waals surface area contributed by atoms with Crippen molar-refractivity contribution in [3.05, 3.63) is 53.2 Å². The van der Waals surface area contributed by atoms with Crippen molar-refractivity contribution in [3.63, 3.8) is 0 Å². The van der Waals surface area contributed by atoms with Crippen molar-refractivity contribution in [1.29, 1.82) is 0 Å². The first kappa shape index (κ1) is 20.1. The highest BCUT2D eigenvalue weighted by molar-refractivity contribution is 6.32. The molecule has 1 fully saturated rings. The summed E-state index contributed by atoms with van der Waals surface area (Å²) in [4.78, 5) is 10.7. The van der Waals surface area contributed by atoms with E-state index in [0.717, 1.165) is 25.3 Å². The summed E-state index contributed by atoms with van der Waals surface area (Å²) in [5, 5.41) is 7.12. The van der Waals surface area contributed by atoms with Gasteiger partial charge in [0, 0.05) is 44.5 Å². The lowest BCUT2D eigenvalue weighted by atomic mass is 10.2. The molecule has 1 atom stereocenters. The van der Waals surface area contributed by atoms with Crippen LogP contribution >= 0.6 is 11.6 Å². The average Bonchev–Trinajstić information content (AvgIpc) is 3.14.